The Morgan fingerprint density at radius 1 is 1.22 bits per heavy atom. The maximum absolute atomic E-state index is 12.7. The van der Waals surface area contributed by atoms with Crippen LogP contribution in [0.4, 0.5) is 5.69 Å². The molecule has 1 fully saturated rings. The van der Waals surface area contributed by atoms with Crippen molar-refractivity contribution >= 4 is 40.0 Å². The van der Waals surface area contributed by atoms with Gasteiger partial charge < -0.3 is 15.2 Å². The third-order valence-electron chi connectivity index (χ3n) is 4.92. The minimum absolute atomic E-state index is 0.0325. The normalized spacial score (nSPS) is 14.1. The molecule has 0 spiro atoms. The Bertz CT molecular complexity index is 1010. The minimum Gasteiger partial charge on any atom is -0.361 e. The van der Waals surface area contributed by atoms with Crippen LogP contribution in [0, 0.1) is 0 Å². The van der Waals surface area contributed by atoms with Crippen LogP contribution in [0.5, 0.6) is 0 Å². The Kier molecular flexibility index (Phi) is 4.86. The zero-order valence-corrected chi connectivity index (χ0v) is 15.6. The lowest BCUT2D eigenvalue weighted by Crippen LogP contribution is -2.30. The molecule has 0 saturated carbocycles. The van der Waals surface area contributed by atoms with Gasteiger partial charge in [-0.15, -0.1) is 0 Å². The van der Waals surface area contributed by atoms with Gasteiger partial charge in [0.1, 0.15) is 0 Å². The van der Waals surface area contributed by atoms with Crippen molar-refractivity contribution in [1.82, 2.24) is 10.3 Å². The van der Waals surface area contributed by atoms with Crippen LogP contribution in [0.25, 0.3) is 10.9 Å². The molecule has 1 aliphatic rings. The Morgan fingerprint density at radius 2 is 2.07 bits per heavy atom. The highest BCUT2D eigenvalue weighted by Crippen LogP contribution is 2.28. The second kappa shape index (κ2) is 7.45. The highest BCUT2D eigenvalue weighted by molar-refractivity contribution is 6.31. The molecular formula is C21H20ClN3O2. The van der Waals surface area contributed by atoms with Gasteiger partial charge in [-0.1, -0.05) is 29.8 Å². The Labute approximate surface area is 162 Å². The molecule has 6 heteroatoms. The molecular weight excluding hydrogens is 362 g/mol. The van der Waals surface area contributed by atoms with E-state index in [0.717, 1.165) is 23.9 Å². The number of fused-ring (bicyclic) bond motifs is 1. The highest BCUT2D eigenvalue weighted by atomic mass is 35.5. The molecule has 0 unspecified atom stereocenters. The number of carbonyl (C=O) groups is 2. The molecule has 4 rings (SSSR count). The fourth-order valence-electron chi connectivity index (χ4n) is 3.57. The number of aromatic nitrogens is 1. The first-order valence-corrected chi connectivity index (χ1v) is 9.44. The van der Waals surface area contributed by atoms with Gasteiger partial charge in [0.05, 0.1) is 11.3 Å². The first-order valence-electron chi connectivity index (χ1n) is 9.06. The maximum Gasteiger partial charge on any atom is 0.253 e. The number of amides is 2. The number of nitrogens with one attached hydrogen (secondary N) is 2. The summed E-state index contributed by atoms with van der Waals surface area (Å²) >= 11 is 6.10. The predicted molar refractivity (Wildman–Crippen MR) is 107 cm³/mol. The van der Waals surface area contributed by atoms with Gasteiger partial charge >= 0.3 is 0 Å². The van der Waals surface area contributed by atoms with Crippen molar-refractivity contribution < 1.29 is 9.59 Å². The number of hydrogen-bond donors (Lipinski definition) is 2. The van der Waals surface area contributed by atoms with Gasteiger partial charge in [-0.2, -0.15) is 0 Å². The number of hydrogen-bond acceptors (Lipinski definition) is 2. The van der Waals surface area contributed by atoms with Crippen LogP contribution in [-0.4, -0.2) is 29.9 Å². The van der Waals surface area contributed by atoms with Gasteiger partial charge in [0.25, 0.3) is 5.91 Å². The predicted octanol–water partition coefficient (Wildman–Crippen LogP) is 3.92. The molecule has 0 radical (unpaired) electrons. The van der Waals surface area contributed by atoms with E-state index in [2.05, 4.69) is 16.4 Å². The van der Waals surface area contributed by atoms with Crippen molar-refractivity contribution in [1.29, 1.82) is 0 Å². The lowest BCUT2D eigenvalue weighted by atomic mass is 10.1. The number of H-pyrrole nitrogens is 1. The number of rotatable bonds is 5. The van der Waals surface area contributed by atoms with E-state index in [1.807, 2.05) is 24.4 Å². The maximum atomic E-state index is 12.7. The van der Waals surface area contributed by atoms with Crippen molar-refractivity contribution in [2.24, 2.45) is 0 Å². The molecule has 138 valence electrons. The molecule has 2 N–H and O–H groups in total. The average Bonchev–Trinajstić information content (AvgIpc) is 3.28. The largest absolute Gasteiger partial charge is 0.361 e. The average molecular weight is 382 g/mol. The van der Waals surface area contributed by atoms with Crippen LogP contribution in [0.2, 0.25) is 5.02 Å². The zero-order chi connectivity index (χ0) is 18.8. The summed E-state index contributed by atoms with van der Waals surface area (Å²) in [5, 5.41) is 4.65. The molecule has 1 aromatic heterocycles. The van der Waals surface area contributed by atoms with Crippen molar-refractivity contribution in [3.8, 4) is 0 Å². The molecule has 0 atom stereocenters. The summed E-state index contributed by atoms with van der Waals surface area (Å²) in [6.07, 6.45) is 4.01. The number of nitrogens with zero attached hydrogens (tertiary/aromatic N) is 1. The van der Waals surface area contributed by atoms with E-state index in [1.165, 1.54) is 5.39 Å². The monoisotopic (exact) mass is 381 g/mol. The van der Waals surface area contributed by atoms with E-state index in [1.54, 1.807) is 23.1 Å². The molecule has 3 aromatic rings. The Morgan fingerprint density at radius 3 is 2.89 bits per heavy atom. The molecule has 5 nitrogen and oxygen atoms in total. The summed E-state index contributed by atoms with van der Waals surface area (Å²) in [4.78, 5) is 29.7. The molecule has 27 heavy (non-hydrogen) atoms. The molecule has 2 aromatic carbocycles. The Balaban J connectivity index is 1.48. The molecule has 2 amide bonds. The highest BCUT2D eigenvalue weighted by Gasteiger charge is 2.26. The van der Waals surface area contributed by atoms with Crippen LogP contribution >= 0.6 is 11.6 Å². The third-order valence-corrected chi connectivity index (χ3v) is 5.16. The second-order valence-electron chi connectivity index (χ2n) is 6.68. The molecule has 0 aliphatic carbocycles. The van der Waals surface area contributed by atoms with E-state index >= 15 is 0 Å². The quantitative estimate of drug-likeness (QED) is 0.703. The van der Waals surface area contributed by atoms with Crippen LogP contribution in [0.1, 0.15) is 28.8 Å². The van der Waals surface area contributed by atoms with Gasteiger partial charge in [-0.25, -0.2) is 0 Å². The van der Waals surface area contributed by atoms with Crippen LogP contribution in [0.3, 0.4) is 0 Å². The fraction of sp³-hybridized carbons (Fsp3) is 0.238. The van der Waals surface area contributed by atoms with Gasteiger partial charge in [-0.05, 0) is 42.7 Å². The summed E-state index contributed by atoms with van der Waals surface area (Å²) in [5.74, 6) is -0.161. The standard InChI is InChI=1S/C21H20ClN3O2/c22-15-7-8-17(19(12-15)25-11-3-6-20(25)26)21(27)23-10-9-14-13-24-18-5-2-1-4-16(14)18/h1-2,4-5,7-8,12-13,24H,3,6,9-11H2,(H,23,27). The number of aromatic amines is 1. The van der Waals surface area contributed by atoms with Crippen LogP contribution in [-0.2, 0) is 11.2 Å². The van der Waals surface area contributed by atoms with E-state index in [9.17, 15) is 9.59 Å². The number of anilines is 1. The topological polar surface area (TPSA) is 65.2 Å². The molecule has 1 aliphatic heterocycles. The molecule has 1 saturated heterocycles. The van der Waals surface area contributed by atoms with Gasteiger partial charge in [0.2, 0.25) is 5.91 Å². The Hall–Kier alpha value is -2.79. The lowest BCUT2D eigenvalue weighted by molar-refractivity contribution is -0.117. The molecule has 0 bridgehead atoms. The SMILES string of the molecule is O=C(NCCc1c[nH]c2ccccc12)c1ccc(Cl)cc1N1CCCC1=O. The number of carbonyl (C=O) groups excluding carboxylic acids is 2. The number of halogens is 1. The zero-order valence-electron chi connectivity index (χ0n) is 14.8. The second-order valence-corrected chi connectivity index (χ2v) is 7.11. The number of para-hydroxylation sites is 1. The van der Waals surface area contributed by atoms with E-state index in [0.29, 0.717) is 35.8 Å². The van der Waals surface area contributed by atoms with Crippen LogP contribution in [0.15, 0.2) is 48.7 Å². The summed E-state index contributed by atoms with van der Waals surface area (Å²) in [5.41, 5.74) is 3.33. The van der Waals surface area contributed by atoms with Crippen molar-refractivity contribution in [3.05, 3.63) is 64.8 Å². The first-order chi connectivity index (χ1) is 13.1. The third kappa shape index (κ3) is 3.55. The lowest BCUT2D eigenvalue weighted by Gasteiger charge is -2.19. The first kappa shape index (κ1) is 17.6. The van der Waals surface area contributed by atoms with Gasteiger partial charge in [0, 0.05) is 41.6 Å². The molecule has 2 heterocycles. The number of benzene rings is 2. The van der Waals surface area contributed by atoms with Crippen molar-refractivity contribution in [3.63, 3.8) is 0 Å². The van der Waals surface area contributed by atoms with Gasteiger partial charge in [-0.3, -0.25) is 9.59 Å². The van der Waals surface area contributed by atoms with E-state index in [-0.39, 0.29) is 11.8 Å². The van der Waals surface area contributed by atoms with Crippen LogP contribution < -0.4 is 10.2 Å². The van der Waals surface area contributed by atoms with E-state index in [4.69, 9.17) is 11.6 Å². The summed E-state index contributed by atoms with van der Waals surface area (Å²) in [6.45, 7) is 1.13. The summed E-state index contributed by atoms with van der Waals surface area (Å²) in [7, 11) is 0. The van der Waals surface area contributed by atoms with Crippen molar-refractivity contribution in [2.75, 3.05) is 18.0 Å². The fourth-order valence-corrected chi connectivity index (χ4v) is 3.73. The summed E-state index contributed by atoms with van der Waals surface area (Å²) in [6, 6.07) is 13.2. The minimum atomic E-state index is -0.193. The summed E-state index contributed by atoms with van der Waals surface area (Å²) < 4.78 is 0. The van der Waals surface area contributed by atoms with Crippen molar-refractivity contribution in [2.45, 2.75) is 19.3 Å². The smallest absolute Gasteiger partial charge is 0.253 e. The van der Waals surface area contributed by atoms with E-state index < -0.39 is 0 Å². The van der Waals surface area contributed by atoms with Gasteiger partial charge in [0.15, 0.2) is 0 Å².